The summed E-state index contributed by atoms with van der Waals surface area (Å²) in [5.41, 5.74) is 8.07. The number of nitrogens with zero attached hydrogens (tertiary/aromatic N) is 2. The fourth-order valence-corrected chi connectivity index (χ4v) is 3.43. The molecule has 0 fully saturated rings. The Labute approximate surface area is 154 Å². The Morgan fingerprint density at radius 3 is 2.72 bits per heavy atom. The van der Waals surface area contributed by atoms with Crippen LogP contribution in [0.3, 0.4) is 0 Å². The molecule has 1 aromatic heterocycles. The van der Waals surface area contributed by atoms with Gasteiger partial charge in [0.2, 0.25) is 5.88 Å². The van der Waals surface area contributed by atoms with Crippen LogP contribution in [0.2, 0.25) is 10.0 Å². The minimum absolute atomic E-state index is 0.0929. The van der Waals surface area contributed by atoms with E-state index in [-0.39, 0.29) is 11.8 Å². The van der Waals surface area contributed by atoms with Gasteiger partial charge in [0.25, 0.3) is 0 Å². The van der Waals surface area contributed by atoms with Gasteiger partial charge in [-0.2, -0.15) is 5.26 Å². The summed E-state index contributed by atoms with van der Waals surface area (Å²) >= 11 is 12.2. The largest absolute Gasteiger partial charge is 0.440 e. The number of halogens is 2. The molecule has 0 radical (unpaired) electrons. The monoisotopic (exact) mass is 367 g/mol. The average Bonchev–Trinajstić information content (AvgIpc) is 2.63. The van der Waals surface area contributed by atoms with Crippen molar-refractivity contribution in [2.75, 3.05) is 0 Å². The van der Waals surface area contributed by atoms with Crippen LogP contribution in [0, 0.1) is 11.3 Å². The molecule has 0 saturated heterocycles. The summed E-state index contributed by atoms with van der Waals surface area (Å²) in [4.78, 5) is 4.13. The van der Waals surface area contributed by atoms with Crippen molar-refractivity contribution in [3.63, 3.8) is 0 Å². The molecular formula is C19H11Cl2N3O. The minimum Gasteiger partial charge on any atom is -0.440 e. The van der Waals surface area contributed by atoms with E-state index in [1.165, 1.54) is 0 Å². The van der Waals surface area contributed by atoms with E-state index in [0.29, 0.717) is 21.4 Å². The van der Waals surface area contributed by atoms with Gasteiger partial charge in [0.15, 0.2) is 0 Å². The zero-order chi connectivity index (χ0) is 17.6. The Bertz CT molecular complexity index is 1090. The molecule has 2 aromatic carbocycles. The number of nitrogens with two attached hydrogens (primary N) is 1. The van der Waals surface area contributed by atoms with E-state index in [1.54, 1.807) is 24.5 Å². The van der Waals surface area contributed by atoms with Gasteiger partial charge in [-0.25, -0.2) is 0 Å². The predicted molar refractivity (Wildman–Crippen MR) is 97.5 cm³/mol. The summed E-state index contributed by atoms with van der Waals surface area (Å²) in [6.07, 6.45) is 3.45. The van der Waals surface area contributed by atoms with Gasteiger partial charge in [-0.05, 0) is 23.8 Å². The second-order valence-corrected chi connectivity index (χ2v) is 6.49. The second-order valence-electron chi connectivity index (χ2n) is 5.68. The van der Waals surface area contributed by atoms with Crippen LogP contribution in [0.1, 0.15) is 17.0 Å². The van der Waals surface area contributed by atoms with Gasteiger partial charge in [0.05, 0.1) is 16.0 Å². The highest BCUT2D eigenvalue weighted by molar-refractivity contribution is 6.42. The molecule has 1 unspecified atom stereocenters. The number of hydrogen-bond acceptors (Lipinski definition) is 4. The van der Waals surface area contributed by atoms with Crippen molar-refractivity contribution in [3.05, 3.63) is 81.4 Å². The zero-order valence-corrected chi connectivity index (χ0v) is 14.3. The van der Waals surface area contributed by atoms with Crippen LogP contribution in [-0.4, -0.2) is 4.98 Å². The lowest BCUT2D eigenvalue weighted by Crippen LogP contribution is -2.21. The first kappa shape index (κ1) is 15.8. The fourth-order valence-electron chi connectivity index (χ4n) is 3.12. The van der Waals surface area contributed by atoms with E-state index in [0.717, 1.165) is 21.9 Å². The number of pyridine rings is 1. The Morgan fingerprint density at radius 2 is 1.96 bits per heavy atom. The summed E-state index contributed by atoms with van der Waals surface area (Å²) in [5.74, 6) is 0.351. The maximum atomic E-state index is 9.62. The molecule has 0 aliphatic carbocycles. The molecular weight excluding hydrogens is 357 g/mol. The predicted octanol–water partition coefficient (Wildman–Crippen LogP) is 4.76. The molecule has 1 atom stereocenters. The number of hydrogen-bond donors (Lipinski definition) is 1. The molecule has 0 bridgehead atoms. The third kappa shape index (κ3) is 2.49. The Morgan fingerprint density at radius 1 is 1.12 bits per heavy atom. The van der Waals surface area contributed by atoms with Crippen molar-refractivity contribution >= 4 is 34.0 Å². The second kappa shape index (κ2) is 5.96. The molecule has 4 rings (SSSR count). The van der Waals surface area contributed by atoms with Gasteiger partial charge >= 0.3 is 0 Å². The van der Waals surface area contributed by atoms with Crippen molar-refractivity contribution in [1.82, 2.24) is 4.98 Å². The van der Waals surface area contributed by atoms with Gasteiger partial charge in [-0.15, -0.1) is 0 Å². The first-order valence-electron chi connectivity index (χ1n) is 7.49. The fraction of sp³-hybridized carbons (Fsp3) is 0.0526. The number of benzene rings is 2. The van der Waals surface area contributed by atoms with Crippen molar-refractivity contribution in [3.8, 4) is 11.8 Å². The van der Waals surface area contributed by atoms with Crippen LogP contribution in [-0.2, 0) is 0 Å². The third-order valence-corrected chi connectivity index (χ3v) is 5.01. The van der Waals surface area contributed by atoms with E-state index in [9.17, 15) is 5.26 Å². The Balaban J connectivity index is 2.01. The van der Waals surface area contributed by atoms with Gasteiger partial charge in [0.1, 0.15) is 17.4 Å². The molecule has 1 aliphatic rings. The quantitative estimate of drug-likeness (QED) is 0.672. The average molecular weight is 368 g/mol. The van der Waals surface area contributed by atoms with Crippen LogP contribution >= 0.6 is 23.2 Å². The first-order valence-corrected chi connectivity index (χ1v) is 8.25. The van der Waals surface area contributed by atoms with Crippen molar-refractivity contribution < 1.29 is 4.74 Å². The highest BCUT2D eigenvalue weighted by Crippen LogP contribution is 2.45. The summed E-state index contributed by atoms with van der Waals surface area (Å²) in [6, 6.07) is 13.2. The summed E-state index contributed by atoms with van der Waals surface area (Å²) in [5, 5.41) is 12.3. The van der Waals surface area contributed by atoms with E-state index in [1.807, 2.05) is 24.3 Å². The maximum Gasteiger partial charge on any atom is 0.205 e. The normalized spacial score (nSPS) is 16.3. The molecule has 2 N–H and O–H groups in total. The summed E-state index contributed by atoms with van der Waals surface area (Å²) < 4.78 is 5.80. The lowest BCUT2D eigenvalue weighted by molar-refractivity contribution is 0.398. The lowest BCUT2D eigenvalue weighted by atomic mass is 9.82. The number of aromatic nitrogens is 1. The SMILES string of the molecule is N#CC1=C(N)Oc2c(ccc3cnccc23)C1c1ccc(Cl)c(Cl)c1. The van der Waals surface area contributed by atoms with Crippen LogP contribution < -0.4 is 10.5 Å². The first-order chi connectivity index (χ1) is 12.1. The Hall–Kier alpha value is -2.74. The smallest absolute Gasteiger partial charge is 0.205 e. The number of fused-ring (bicyclic) bond motifs is 3. The van der Waals surface area contributed by atoms with Crippen molar-refractivity contribution in [2.45, 2.75) is 5.92 Å². The lowest BCUT2D eigenvalue weighted by Gasteiger charge is -2.27. The molecule has 0 saturated carbocycles. The molecule has 0 amide bonds. The molecule has 0 spiro atoms. The molecule has 6 heteroatoms. The highest BCUT2D eigenvalue weighted by Gasteiger charge is 2.31. The van der Waals surface area contributed by atoms with Crippen molar-refractivity contribution in [1.29, 1.82) is 5.26 Å². The van der Waals surface area contributed by atoms with Gasteiger partial charge in [0, 0.05) is 28.7 Å². The number of ether oxygens (including phenoxy) is 1. The molecule has 3 aromatic rings. The van der Waals surface area contributed by atoms with Crippen LogP contribution in [0.15, 0.2) is 60.2 Å². The van der Waals surface area contributed by atoms with Gasteiger partial charge in [-0.3, -0.25) is 4.98 Å². The maximum absolute atomic E-state index is 9.62. The summed E-state index contributed by atoms with van der Waals surface area (Å²) in [7, 11) is 0. The van der Waals surface area contributed by atoms with Crippen LogP contribution in [0.25, 0.3) is 10.8 Å². The number of allylic oxidation sites excluding steroid dienone is 1. The molecule has 2 heterocycles. The minimum atomic E-state index is -0.374. The molecule has 4 nitrogen and oxygen atoms in total. The standard InChI is InChI=1S/C19H11Cl2N3O/c20-15-4-2-10(7-16(15)21)17-13-3-1-11-9-24-6-5-12(11)18(13)25-19(23)14(17)8-22/h1-7,9,17H,23H2. The number of nitriles is 1. The van der Waals surface area contributed by atoms with E-state index in [4.69, 9.17) is 33.7 Å². The topological polar surface area (TPSA) is 71.9 Å². The third-order valence-electron chi connectivity index (χ3n) is 4.28. The molecule has 1 aliphatic heterocycles. The van der Waals surface area contributed by atoms with Crippen LogP contribution in [0.4, 0.5) is 0 Å². The van der Waals surface area contributed by atoms with E-state index in [2.05, 4.69) is 11.1 Å². The highest BCUT2D eigenvalue weighted by atomic mass is 35.5. The molecule has 122 valence electrons. The zero-order valence-electron chi connectivity index (χ0n) is 12.8. The molecule has 25 heavy (non-hydrogen) atoms. The van der Waals surface area contributed by atoms with Crippen molar-refractivity contribution in [2.24, 2.45) is 5.73 Å². The summed E-state index contributed by atoms with van der Waals surface area (Å²) in [6.45, 7) is 0. The van der Waals surface area contributed by atoms with E-state index >= 15 is 0 Å². The van der Waals surface area contributed by atoms with Gasteiger partial charge < -0.3 is 10.5 Å². The van der Waals surface area contributed by atoms with E-state index < -0.39 is 0 Å². The Kier molecular flexibility index (Phi) is 3.76. The number of rotatable bonds is 1. The van der Waals surface area contributed by atoms with Crippen LogP contribution in [0.5, 0.6) is 5.75 Å². The van der Waals surface area contributed by atoms with Gasteiger partial charge in [-0.1, -0.05) is 41.4 Å².